The number of rotatable bonds is 0. The maximum Gasteiger partial charge on any atom is 3.00 e. The van der Waals surface area contributed by atoms with Crippen LogP contribution < -0.4 is 0 Å². The van der Waals surface area contributed by atoms with Crippen molar-refractivity contribution in [3.63, 3.8) is 0 Å². The van der Waals surface area contributed by atoms with Crippen molar-refractivity contribution in [2.24, 2.45) is 0 Å². The third-order valence-corrected chi connectivity index (χ3v) is 3.68. The molecule has 0 saturated heterocycles. The van der Waals surface area contributed by atoms with E-state index in [2.05, 4.69) is 110 Å². The van der Waals surface area contributed by atoms with E-state index in [1.165, 1.54) is 21.5 Å². The van der Waals surface area contributed by atoms with Gasteiger partial charge in [0.1, 0.15) is 0 Å². The molecule has 0 N–H and O–H groups in total. The normalized spacial score (nSPS) is 10.0. The van der Waals surface area contributed by atoms with Crippen molar-refractivity contribution >= 4 is 55.9 Å². The third kappa shape index (κ3) is 11.6. The van der Waals surface area contributed by atoms with Gasteiger partial charge < -0.3 is 0 Å². The monoisotopic (exact) mass is 516 g/mol. The van der Waals surface area contributed by atoms with Crippen LogP contribution in [0.15, 0.2) is 103 Å². The first-order valence-corrected chi connectivity index (χ1v) is 11.3. The van der Waals surface area contributed by atoms with Crippen molar-refractivity contribution in [3.8, 4) is 0 Å². The maximum atomic E-state index is 2.99. The summed E-state index contributed by atoms with van der Waals surface area (Å²) in [6, 6.07) is 29.3. The molecule has 0 atom stereocenters. The fourth-order valence-electron chi connectivity index (χ4n) is 2.48. The molecule has 0 bridgehead atoms. The first-order valence-electron chi connectivity index (χ1n) is 9.01. The minimum Gasteiger partial charge on any atom is -0.273 e. The topological polar surface area (TPSA) is 0 Å². The Hall–Kier alpha value is -1.18. The Morgan fingerprint density at radius 2 is 1.21 bits per heavy atom. The summed E-state index contributed by atoms with van der Waals surface area (Å²) in [5.41, 5.74) is 0. The van der Waals surface area contributed by atoms with Crippen LogP contribution in [0.5, 0.6) is 0 Å². The van der Waals surface area contributed by atoms with Crippen LogP contribution in [0.25, 0.3) is 21.5 Å². The molecular weight excluding hydrogens is 490 g/mol. The van der Waals surface area contributed by atoms with Gasteiger partial charge in [0.2, 0.25) is 0 Å². The van der Waals surface area contributed by atoms with Gasteiger partial charge in [-0.2, -0.15) is 41.1 Å². The van der Waals surface area contributed by atoms with Crippen LogP contribution in [-0.4, -0.2) is 9.52 Å². The van der Waals surface area contributed by atoms with Crippen LogP contribution in [-0.2, 0) is 26.2 Å². The van der Waals surface area contributed by atoms with E-state index in [9.17, 15) is 0 Å². The van der Waals surface area contributed by atoms with Gasteiger partial charge in [0.05, 0.1) is 0 Å². The average molecular weight is 519 g/mol. The zero-order chi connectivity index (χ0) is 18.5. The summed E-state index contributed by atoms with van der Waals surface area (Å²) in [5.74, 6) is 0. The SMILES string of the molecule is C[SiH]C.Cl.Cl.[C-]1=CC=CC1.[Zr+3].c1ccc2[cH-]ccc2c1.c1ccc2[cH-]ccc2c1. The average Bonchev–Trinajstić information content (AvgIpc) is 3.46. The largest absolute Gasteiger partial charge is 3.00 e. The number of allylic oxidation sites excluding steroid dienone is 4. The van der Waals surface area contributed by atoms with E-state index in [1.807, 2.05) is 12.2 Å². The predicted octanol–water partition coefficient (Wildman–Crippen LogP) is 7.78. The maximum absolute atomic E-state index is 2.99. The zero-order valence-corrected chi connectivity index (χ0v) is 22.2. The van der Waals surface area contributed by atoms with E-state index in [0.717, 1.165) is 15.9 Å². The predicted molar refractivity (Wildman–Crippen MR) is 134 cm³/mol. The first-order chi connectivity index (χ1) is 12.8. The van der Waals surface area contributed by atoms with Gasteiger partial charge in [-0.05, 0) is 0 Å². The second-order valence-corrected chi connectivity index (χ2v) is 7.04. The molecule has 4 aromatic carbocycles. The molecule has 4 aromatic rings. The van der Waals surface area contributed by atoms with E-state index in [0.29, 0.717) is 0 Å². The number of hydrogen-bond donors (Lipinski definition) is 0. The molecule has 1 aliphatic rings. The number of halogens is 2. The van der Waals surface area contributed by atoms with Gasteiger partial charge in [-0.15, -0.1) is 90.5 Å². The Balaban J connectivity index is 0. The summed E-state index contributed by atoms with van der Waals surface area (Å²) in [6.07, 6.45) is 10.0. The molecule has 2 radical (unpaired) electrons. The molecule has 0 unspecified atom stereocenters. The van der Waals surface area contributed by atoms with Crippen LogP contribution in [0.3, 0.4) is 0 Å². The Bertz CT molecular complexity index is 801. The Morgan fingerprint density at radius 3 is 1.52 bits per heavy atom. The van der Waals surface area contributed by atoms with Gasteiger partial charge in [0.25, 0.3) is 0 Å². The summed E-state index contributed by atoms with van der Waals surface area (Å²) in [4.78, 5) is 0. The van der Waals surface area contributed by atoms with Gasteiger partial charge in [-0.1, -0.05) is 25.2 Å². The molecule has 4 heteroatoms. The molecular formula is C25H28Cl2SiZr. The molecule has 0 spiro atoms. The van der Waals surface area contributed by atoms with E-state index in [1.54, 1.807) is 0 Å². The molecule has 150 valence electrons. The standard InChI is InChI=1S/2C9H7.C5H5.C2H7Si.2ClH.Zr/c2*1-2-5-9-7-3-6-8(9)4-1;1-2-4-5-3-1;1-3-2;;;/h2*1-7H;1-3H,4H2;3H,1-2H3;2*1H;/q3*-1;;;;+3. The van der Waals surface area contributed by atoms with Crippen molar-refractivity contribution in [1.29, 1.82) is 0 Å². The fourth-order valence-corrected chi connectivity index (χ4v) is 2.48. The van der Waals surface area contributed by atoms with Crippen molar-refractivity contribution in [1.82, 2.24) is 0 Å². The number of fused-ring (bicyclic) bond motifs is 2. The molecule has 29 heavy (non-hydrogen) atoms. The van der Waals surface area contributed by atoms with E-state index < -0.39 is 0 Å². The fraction of sp³-hybridized carbons (Fsp3) is 0.120. The van der Waals surface area contributed by atoms with Crippen molar-refractivity contribution in [2.75, 3.05) is 0 Å². The summed E-state index contributed by atoms with van der Waals surface area (Å²) in [6.45, 7) is 4.42. The zero-order valence-electron chi connectivity index (χ0n) is 16.9. The Labute approximate surface area is 209 Å². The summed E-state index contributed by atoms with van der Waals surface area (Å²) < 4.78 is 0. The Morgan fingerprint density at radius 1 is 0.759 bits per heavy atom. The van der Waals surface area contributed by atoms with Gasteiger partial charge in [-0.3, -0.25) is 6.08 Å². The summed E-state index contributed by atoms with van der Waals surface area (Å²) >= 11 is 0. The molecule has 0 fully saturated rings. The van der Waals surface area contributed by atoms with Crippen LogP contribution in [0, 0.1) is 6.08 Å². The number of benzene rings is 2. The third-order valence-electron chi connectivity index (χ3n) is 3.68. The molecule has 0 amide bonds. The van der Waals surface area contributed by atoms with Gasteiger partial charge in [0, 0.05) is 9.52 Å². The summed E-state index contributed by atoms with van der Waals surface area (Å²) in [7, 11) is 0.750. The summed E-state index contributed by atoms with van der Waals surface area (Å²) in [5, 5.41) is 5.32. The van der Waals surface area contributed by atoms with Crippen LogP contribution in [0.4, 0.5) is 0 Å². The molecule has 0 nitrogen and oxygen atoms in total. The minimum atomic E-state index is 0. The molecule has 0 aromatic heterocycles. The Kier molecular flexibility index (Phi) is 19.5. The van der Waals surface area contributed by atoms with Gasteiger partial charge in [0.15, 0.2) is 0 Å². The molecule has 1 aliphatic carbocycles. The van der Waals surface area contributed by atoms with Crippen molar-refractivity contribution < 1.29 is 26.2 Å². The quantitative estimate of drug-likeness (QED) is 0.165. The van der Waals surface area contributed by atoms with E-state index in [-0.39, 0.29) is 51.0 Å². The van der Waals surface area contributed by atoms with Crippen LogP contribution in [0.1, 0.15) is 6.42 Å². The van der Waals surface area contributed by atoms with E-state index >= 15 is 0 Å². The van der Waals surface area contributed by atoms with Crippen LogP contribution in [0.2, 0.25) is 13.1 Å². The molecule has 0 aliphatic heterocycles. The first kappa shape index (κ1) is 30.0. The second-order valence-electron chi connectivity index (χ2n) is 5.89. The van der Waals surface area contributed by atoms with Crippen LogP contribution >= 0.6 is 24.8 Å². The molecule has 0 saturated carbocycles. The minimum absolute atomic E-state index is 0. The smallest absolute Gasteiger partial charge is 0.273 e. The van der Waals surface area contributed by atoms with Gasteiger partial charge in [-0.25, -0.2) is 12.2 Å². The van der Waals surface area contributed by atoms with Crippen molar-refractivity contribution in [3.05, 3.63) is 109 Å². The number of hydrogen-bond acceptors (Lipinski definition) is 0. The van der Waals surface area contributed by atoms with E-state index in [4.69, 9.17) is 0 Å². The van der Waals surface area contributed by atoms with Crippen molar-refractivity contribution in [2.45, 2.75) is 19.5 Å². The molecule has 0 heterocycles. The second kappa shape index (κ2) is 18.8. The molecule has 5 rings (SSSR count). The van der Waals surface area contributed by atoms with Gasteiger partial charge >= 0.3 is 26.2 Å².